The zero-order valence-electron chi connectivity index (χ0n) is 15.5. The van der Waals surface area contributed by atoms with Gasteiger partial charge in [0.05, 0.1) is 11.7 Å². The Labute approximate surface area is 162 Å². The second-order valence-corrected chi connectivity index (χ2v) is 6.50. The van der Waals surface area contributed by atoms with Crippen molar-refractivity contribution in [2.45, 2.75) is 25.9 Å². The Balaban J connectivity index is 1.73. The lowest BCUT2D eigenvalue weighted by molar-refractivity contribution is -0.127. The summed E-state index contributed by atoms with van der Waals surface area (Å²) in [4.78, 5) is 36.5. The van der Waals surface area contributed by atoms with Crippen LogP contribution in [0.25, 0.3) is 11.3 Å². The number of Topliss-reactive ketones (excluding diaryl/α,β-unsaturated/α-hetero) is 1. The highest BCUT2D eigenvalue weighted by Gasteiger charge is 2.18. The summed E-state index contributed by atoms with van der Waals surface area (Å²) < 4.78 is 1.11. The van der Waals surface area contributed by atoms with Crippen molar-refractivity contribution in [3.05, 3.63) is 88.7 Å². The number of ketones is 1. The van der Waals surface area contributed by atoms with Gasteiger partial charge in [0.15, 0.2) is 5.78 Å². The highest BCUT2D eigenvalue weighted by Crippen LogP contribution is 2.13. The van der Waals surface area contributed by atoms with Crippen LogP contribution in [0.1, 0.15) is 12.5 Å². The smallest absolute Gasteiger partial charge is 0.267 e. The number of carbonyl (C=O) groups is 2. The minimum atomic E-state index is -0.650. The van der Waals surface area contributed by atoms with Crippen molar-refractivity contribution in [3.63, 3.8) is 0 Å². The fourth-order valence-corrected chi connectivity index (χ4v) is 2.85. The van der Waals surface area contributed by atoms with Crippen LogP contribution in [0.15, 0.2) is 77.6 Å². The van der Waals surface area contributed by atoms with Crippen molar-refractivity contribution < 1.29 is 9.59 Å². The first-order valence-electron chi connectivity index (χ1n) is 9.00. The molecule has 3 rings (SSSR count). The molecule has 0 aliphatic heterocycles. The first kappa shape index (κ1) is 19.2. The van der Waals surface area contributed by atoms with Crippen LogP contribution >= 0.6 is 0 Å². The van der Waals surface area contributed by atoms with E-state index < -0.39 is 11.9 Å². The van der Waals surface area contributed by atoms with Crippen molar-refractivity contribution in [1.82, 2.24) is 15.1 Å². The fraction of sp³-hybridized carbons (Fsp3) is 0.182. The van der Waals surface area contributed by atoms with E-state index in [1.54, 1.807) is 6.07 Å². The Morgan fingerprint density at radius 2 is 1.61 bits per heavy atom. The average Bonchev–Trinajstić information content (AvgIpc) is 2.70. The van der Waals surface area contributed by atoms with Crippen molar-refractivity contribution in [3.8, 4) is 11.3 Å². The summed E-state index contributed by atoms with van der Waals surface area (Å²) in [6.45, 7) is 1.19. The van der Waals surface area contributed by atoms with Crippen LogP contribution in [0.2, 0.25) is 0 Å². The Kier molecular flexibility index (Phi) is 6.11. The molecule has 1 unspecified atom stereocenters. The minimum Gasteiger partial charge on any atom is -0.344 e. The highest BCUT2D eigenvalue weighted by molar-refractivity contribution is 5.87. The molecule has 6 nitrogen and oxygen atoms in total. The molecule has 0 fully saturated rings. The number of rotatable bonds is 7. The van der Waals surface area contributed by atoms with Gasteiger partial charge >= 0.3 is 0 Å². The second-order valence-electron chi connectivity index (χ2n) is 6.50. The summed E-state index contributed by atoms with van der Waals surface area (Å²) in [6, 6.07) is 21.2. The van der Waals surface area contributed by atoms with E-state index in [2.05, 4.69) is 10.4 Å². The monoisotopic (exact) mass is 375 g/mol. The van der Waals surface area contributed by atoms with Gasteiger partial charge < -0.3 is 5.32 Å². The molecule has 0 bridgehead atoms. The molecule has 28 heavy (non-hydrogen) atoms. The third-order valence-corrected chi connectivity index (χ3v) is 4.34. The van der Waals surface area contributed by atoms with E-state index >= 15 is 0 Å². The van der Waals surface area contributed by atoms with E-state index in [1.807, 2.05) is 60.7 Å². The van der Waals surface area contributed by atoms with E-state index in [-0.39, 0.29) is 17.9 Å². The summed E-state index contributed by atoms with van der Waals surface area (Å²) in [6.07, 6.45) is 0.397. The van der Waals surface area contributed by atoms with Crippen LogP contribution in [0.5, 0.6) is 0 Å². The Morgan fingerprint density at radius 3 is 2.25 bits per heavy atom. The van der Waals surface area contributed by atoms with Crippen LogP contribution in [0.4, 0.5) is 0 Å². The van der Waals surface area contributed by atoms with Crippen molar-refractivity contribution in [1.29, 1.82) is 0 Å². The molecule has 0 spiro atoms. The Bertz CT molecular complexity index is 1010. The average molecular weight is 375 g/mol. The maximum absolute atomic E-state index is 12.5. The molecule has 6 heteroatoms. The molecular weight excluding hydrogens is 354 g/mol. The molecule has 3 aromatic rings. The van der Waals surface area contributed by atoms with Crippen LogP contribution in [-0.4, -0.2) is 27.5 Å². The lowest BCUT2D eigenvalue weighted by atomic mass is 10.0. The van der Waals surface area contributed by atoms with Gasteiger partial charge in [0.1, 0.15) is 6.54 Å². The number of amides is 1. The topological polar surface area (TPSA) is 81.1 Å². The van der Waals surface area contributed by atoms with Crippen LogP contribution in [0.3, 0.4) is 0 Å². The molecule has 0 radical (unpaired) electrons. The number of nitrogens with one attached hydrogen (secondary N) is 1. The molecule has 1 heterocycles. The number of benzene rings is 2. The summed E-state index contributed by atoms with van der Waals surface area (Å²) in [5.74, 6) is -0.577. The quantitative estimate of drug-likeness (QED) is 0.687. The number of nitrogens with zero attached hydrogens (tertiary/aromatic N) is 2. The van der Waals surface area contributed by atoms with Gasteiger partial charge in [-0.2, -0.15) is 5.10 Å². The van der Waals surface area contributed by atoms with Gasteiger partial charge in [0.2, 0.25) is 5.91 Å². The van der Waals surface area contributed by atoms with E-state index in [4.69, 9.17) is 0 Å². The standard InChI is InChI=1S/C22H21N3O3/c1-16(26)20(14-17-8-4-2-5-9-17)23-21(27)15-25-22(28)13-12-19(24-25)18-10-6-3-7-11-18/h2-13,20H,14-15H2,1H3,(H,23,27). The van der Waals surface area contributed by atoms with Gasteiger partial charge in [-0.25, -0.2) is 4.68 Å². The lowest BCUT2D eigenvalue weighted by Crippen LogP contribution is -2.44. The number of carbonyl (C=O) groups excluding carboxylic acids is 2. The second kappa shape index (κ2) is 8.90. The van der Waals surface area contributed by atoms with Crippen LogP contribution < -0.4 is 10.9 Å². The van der Waals surface area contributed by atoms with Crippen LogP contribution in [0, 0.1) is 0 Å². The number of hydrogen-bond acceptors (Lipinski definition) is 4. The van der Waals surface area contributed by atoms with E-state index in [1.165, 1.54) is 13.0 Å². The van der Waals surface area contributed by atoms with E-state index in [9.17, 15) is 14.4 Å². The van der Waals surface area contributed by atoms with Gasteiger partial charge in [-0.05, 0) is 25.0 Å². The molecule has 1 atom stereocenters. The third kappa shape index (κ3) is 5.01. The summed E-state index contributed by atoms with van der Waals surface area (Å²) in [7, 11) is 0. The van der Waals surface area contributed by atoms with Crippen LogP contribution in [-0.2, 0) is 22.6 Å². The minimum absolute atomic E-state index is 0.143. The predicted molar refractivity (Wildman–Crippen MR) is 107 cm³/mol. The number of hydrogen-bond donors (Lipinski definition) is 1. The van der Waals surface area contributed by atoms with Gasteiger partial charge in [0, 0.05) is 11.6 Å². The largest absolute Gasteiger partial charge is 0.344 e. The summed E-state index contributed by atoms with van der Waals surface area (Å²) in [5.41, 5.74) is 2.02. The molecule has 1 amide bonds. The van der Waals surface area contributed by atoms with Gasteiger partial charge in [-0.1, -0.05) is 60.7 Å². The summed E-state index contributed by atoms with van der Waals surface area (Å²) >= 11 is 0. The van der Waals surface area contributed by atoms with Crippen molar-refractivity contribution in [2.75, 3.05) is 0 Å². The molecule has 1 N–H and O–H groups in total. The summed E-state index contributed by atoms with van der Waals surface area (Å²) in [5, 5.41) is 6.99. The lowest BCUT2D eigenvalue weighted by Gasteiger charge is -2.16. The molecule has 0 saturated heterocycles. The predicted octanol–water partition coefficient (Wildman–Crippen LogP) is 2.23. The maximum atomic E-state index is 12.5. The Hall–Kier alpha value is -3.54. The van der Waals surface area contributed by atoms with Crippen molar-refractivity contribution >= 4 is 11.7 Å². The highest BCUT2D eigenvalue weighted by atomic mass is 16.2. The van der Waals surface area contributed by atoms with E-state index in [0.717, 1.165) is 15.8 Å². The molecule has 0 saturated carbocycles. The van der Waals surface area contributed by atoms with Gasteiger partial charge in [-0.3, -0.25) is 14.4 Å². The molecule has 142 valence electrons. The maximum Gasteiger partial charge on any atom is 0.267 e. The normalized spacial score (nSPS) is 11.6. The number of aromatic nitrogens is 2. The third-order valence-electron chi connectivity index (χ3n) is 4.34. The molecule has 2 aromatic carbocycles. The SMILES string of the molecule is CC(=O)C(Cc1ccccc1)NC(=O)Cn1nc(-c2ccccc2)ccc1=O. The molecule has 0 aliphatic carbocycles. The molecule has 0 aliphatic rings. The molecular formula is C22H21N3O3. The Morgan fingerprint density at radius 1 is 0.964 bits per heavy atom. The first-order valence-corrected chi connectivity index (χ1v) is 9.00. The first-order chi connectivity index (χ1) is 13.5. The van der Waals surface area contributed by atoms with Gasteiger partial charge in [-0.15, -0.1) is 0 Å². The van der Waals surface area contributed by atoms with Crippen molar-refractivity contribution in [2.24, 2.45) is 0 Å². The zero-order chi connectivity index (χ0) is 19.9. The van der Waals surface area contributed by atoms with E-state index in [0.29, 0.717) is 12.1 Å². The molecule has 1 aromatic heterocycles. The zero-order valence-corrected chi connectivity index (χ0v) is 15.5. The van der Waals surface area contributed by atoms with Gasteiger partial charge in [0.25, 0.3) is 5.56 Å². The fourth-order valence-electron chi connectivity index (χ4n) is 2.85.